The summed E-state index contributed by atoms with van der Waals surface area (Å²) in [6, 6.07) is 15.2. The second-order valence-corrected chi connectivity index (χ2v) is 6.91. The first-order chi connectivity index (χ1) is 14.1. The minimum Gasteiger partial charge on any atom is -0.439 e. The summed E-state index contributed by atoms with van der Waals surface area (Å²) in [5.74, 6) is 1.64. The zero-order valence-electron chi connectivity index (χ0n) is 15.6. The molecule has 0 aliphatic heterocycles. The van der Waals surface area contributed by atoms with Gasteiger partial charge in [-0.2, -0.15) is 0 Å². The quantitative estimate of drug-likeness (QED) is 0.407. The second kappa shape index (κ2) is 8.32. The first kappa shape index (κ1) is 18.9. The van der Waals surface area contributed by atoms with Crippen LogP contribution in [0.5, 0.6) is 11.6 Å². The number of nitrogens with one attached hydrogen (secondary N) is 2. The van der Waals surface area contributed by atoms with E-state index in [-0.39, 0.29) is 11.2 Å². The lowest BCUT2D eigenvalue weighted by Crippen LogP contribution is -2.12. The molecule has 4 rings (SSSR count). The van der Waals surface area contributed by atoms with E-state index < -0.39 is 0 Å². The average Bonchev–Trinajstić information content (AvgIpc) is 3.22. The summed E-state index contributed by atoms with van der Waals surface area (Å²) in [6.45, 7) is 2.04. The van der Waals surface area contributed by atoms with Gasteiger partial charge in [0.2, 0.25) is 11.8 Å². The molecule has 0 spiro atoms. The summed E-state index contributed by atoms with van der Waals surface area (Å²) in [5, 5.41) is 6.36. The van der Waals surface area contributed by atoms with Crippen LogP contribution in [0.4, 0.5) is 17.2 Å². The highest BCUT2D eigenvalue weighted by atomic mass is 79.9. The molecule has 0 unspecified atom stereocenters. The summed E-state index contributed by atoms with van der Waals surface area (Å²) in [7, 11) is 0. The summed E-state index contributed by atoms with van der Waals surface area (Å²) < 4.78 is 7.82. The van der Waals surface area contributed by atoms with Crippen LogP contribution in [0.3, 0.4) is 0 Å². The smallest absolute Gasteiger partial charge is 0.235 e. The van der Waals surface area contributed by atoms with Crippen molar-refractivity contribution < 1.29 is 9.53 Å². The molecular formula is C21H18BrN5O2. The summed E-state index contributed by atoms with van der Waals surface area (Å²) in [6.07, 6.45) is 5.04. The van der Waals surface area contributed by atoms with Crippen molar-refractivity contribution in [3.63, 3.8) is 0 Å². The predicted molar refractivity (Wildman–Crippen MR) is 116 cm³/mol. The number of aryl methyl sites for hydroxylation is 1. The Balaban J connectivity index is 1.62. The molecule has 0 aliphatic carbocycles. The van der Waals surface area contributed by atoms with Crippen molar-refractivity contribution in [2.45, 2.75) is 6.92 Å². The molecule has 4 aromatic rings. The third-order valence-corrected chi connectivity index (χ3v) is 4.79. The van der Waals surface area contributed by atoms with Crippen molar-refractivity contribution in [2.24, 2.45) is 0 Å². The Morgan fingerprint density at radius 2 is 2.03 bits per heavy atom. The molecule has 0 atom stereocenters. The maximum absolute atomic E-state index is 11.6. The van der Waals surface area contributed by atoms with Gasteiger partial charge in [-0.15, -0.1) is 0 Å². The lowest BCUT2D eigenvalue weighted by Gasteiger charge is -2.13. The van der Waals surface area contributed by atoms with E-state index in [1.165, 1.54) is 0 Å². The van der Waals surface area contributed by atoms with Crippen molar-refractivity contribution >= 4 is 44.5 Å². The topological polar surface area (TPSA) is 80.6 Å². The van der Waals surface area contributed by atoms with Crippen LogP contribution in [0, 0.1) is 6.92 Å². The standard InChI is InChI=1S/C21H18BrN5O2/c1-14-5-2-3-8-17(14)26-21-18-11-23-13-27(18)20(12-24-21)29-16-7-4-6-15(9-16)25-19(28)10-22/h2-9,11-13H,10H2,1H3,(H,24,26)(H,25,28). The van der Waals surface area contributed by atoms with Crippen molar-refractivity contribution in [3.8, 4) is 11.6 Å². The maximum atomic E-state index is 11.6. The molecular weight excluding hydrogens is 434 g/mol. The van der Waals surface area contributed by atoms with E-state index in [9.17, 15) is 4.79 Å². The fourth-order valence-electron chi connectivity index (χ4n) is 2.86. The van der Waals surface area contributed by atoms with Gasteiger partial charge >= 0.3 is 0 Å². The van der Waals surface area contributed by atoms with Crippen LogP contribution in [-0.2, 0) is 4.79 Å². The highest BCUT2D eigenvalue weighted by Crippen LogP contribution is 2.28. The number of fused-ring (bicyclic) bond motifs is 1. The molecule has 0 fully saturated rings. The number of hydrogen-bond acceptors (Lipinski definition) is 5. The molecule has 8 heteroatoms. The highest BCUT2D eigenvalue weighted by Gasteiger charge is 2.11. The molecule has 29 heavy (non-hydrogen) atoms. The van der Waals surface area contributed by atoms with Crippen molar-refractivity contribution in [1.82, 2.24) is 14.4 Å². The molecule has 7 nitrogen and oxygen atoms in total. The number of imidazole rings is 1. The molecule has 0 saturated heterocycles. The fourth-order valence-corrected chi connectivity index (χ4v) is 3.00. The number of rotatable bonds is 6. The lowest BCUT2D eigenvalue weighted by atomic mass is 10.2. The number of benzene rings is 2. The van der Waals surface area contributed by atoms with Gasteiger partial charge in [-0.25, -0.2) is 9.97 Å². The van der Waals surface area contributed by atoms with Gasteiger partial charge in [0, 0.05) is 17.4 Å². The van der Waals surface area contributed by atoms with Crippen molar-refractivity contribution in [1.29, 1.82) is 0 Å². The zero-order valence-corrected chi connectivity index (χ0v) is 17.2. The molecule has 0 bridgehead atoms. The predicted octanol–water partition coefficient (Wildman–Crippen LogP) is 4.91. The number of alkyl halides is 1. The van der Waals surface area contributed by atoms with Crippen LogP contribution < -0.4 is 15.4 Å². The first-order valence-electron chi connectivity index (χ1n) is 8.91. The van der Waals surface area contributed by atoms with Crippen molar-refractivity contribution in [3.05, 3.63) is 72.8 Å². The number of carbonyl (C=O) groups excluding carboxylic acids is 1. The van der Waals surface area contributed by atoms with Crippen LogP contribution in [0.15, 0.2) is 67.3 Å². The number of amides is 1. The molecule has 0 radical (unpaired) electrons. The van der Waals surface area contributed by atoms with Gasteiger partial charge in [0.1, 0.15) is 17.6 Å². The number of para-hydroxylation sites is 1. The van der Waals surface area contributed by atoms with Gasteiger partial charge in [0.25, 0.3) is 0 Å². The minimum absolute atomic E-state index is 0.132. The van der Waals surface area contributed by atoms with E-state index in [1.807, 2.05) is 47.7 Å². The molecule has 0 saturated carbocycles. The maximum Gasteiger partial charge on any atom is 0.235 e. The number of hydrogen-bond donors (Lipinski definition) is 2. The fraction of sp³-hybridized carbons (Fsp3) is 0.0952. The number of aromatic nitrogens is 3. The summed E-state index contributed by atoms with van der Waals surface area (Å²) in [4.78, 5) is 20.3. The molecule has 2 N–H and O–H groups in total. The van der Waals surface area contributed by atoms with Gasteiger partial charge < -0.3 is 15.4 Å². The third-order valence-electron chi connectivity index (χ3n) is 4.28. The Hall–Kier alpha value is -3.39. The molecule has 2 aromatic carbocycles. The minimum atomic E-state index is -0.132. The van der Waals surface area contributed by atoms with Crippen LogP contribution in [-0.4, -0.2) is 25.6 Å². The number of nitrogens with zero attached hydrogens (tertiary/aromatic N) is 3. The van der Waals surface area contributed by atoms with Crippen LogP contribution in [0.1, 0.15) is 5.56 Å². The largest absolute Gasteiger partial charge is 0.439 e. The Bertz CT molecular complexity index is 1170. The van der Waals surface area contributed by atoms with Crippen LogP contribution >= 0.6 is 15.9 Å². The van der Waals surface area contributed by atoms with Gasteiger partial charge in [-0.3, -0.25) is 9.20 Å². The third kappa shape index (κ3) is 4.22. The van der Waals surface area contributed by atoms with E-state index in [0.717, 1.165) is 16.8 Å². The highest BCUT2D eigenvalue weighted by molar-refractivity contribution is 9.09. The summed E-state index contributed by atoms with van der Waals surface area (Å²) >= 11 is 3.13. The Morgan fingerprint density at radius 3 is 2.86 bits per heavy atom. The first-order valence-corrected chi connectivity index (χ1v) is 10.0. The van der Waals surface area contributed by atoms with E-state index in [2.05, 4.69) is 36.5 Å². The monoisotopic (exact) mass is 451 g/mol. The van der Waals surface area contributed by atoms with Gasteiger partial charge in [0.15, 0.2) is 5.82 Å². The SMILES string of the molecule is Cc1ccccc1Nc1ncc(Oc2cccc(NC(=O)CBr)c2)n2cncc12. The van der Waals surface area contributed by atoms with E-state index in [0.29, 0.717) is 23.1 Å². The van der Waals surface area contributed by atoms with E-state index >= 15 is 0 Å². The average molecular weight is 452 g/mol. The molecule has 1 amide bonds. The van der Waals surface area contributed by atoms with Crippen LogP contribution in [0.2, 0.25) is 0 Å². The molecule has 2 heterocycles. The molecule has 146 valence electrons. The zero-order chi connectivity index (χ0) is 20.2. The Kier molecular flexibility index (Phi) is 5.44. The Labute approximate surface area is 175 Å². The van der Waals surface area contributed by atoms with Crippen LogP contribution in [0.25, 0.3) is 5.52 Å². The van der Waals surface area contributed by atoms with Crippen molar-refractivity contribution in [2.75, 3.05) is 16.0 Å². The Morgan fingerprint density at radius 1 is 1.17 bits per heavy atom. The second-order valence-electron chi connectivity index (χ2n) is 6.35. The normalized spacial score (nSPS) is 10.7. The number of halogens is 1. The van der Waals surface area contributed by atoms with Gasteiger partial charge in [0.05, 0.1) is 17.7 Å². The molecule has 0 aliphatic rings. The van der Waals surface area contributed by atoms with E-state index in [4.69, 9.17) is 4.74 Å². The number of ether oxygens (including phenoxy) is 1. The van der Waals surface area contributed by atoms with E-state index in [1.54, 1.807) is 30.9 Å². The number of anilines is 3. The number of carbonyl (C=O) groups is 1. The van der Waals surface area contributed by atoms with Gasteiger partial charge in [-0.05, 0) is 30.7 Å². The summed E-state index contributed by atoms with van der Waals surface area (Å²) in [5.41, 5.74) is 3.54. The molecule has 2 aromatic heterocycles. The van der Waals surface area contributed by atoms with Gasteiger partial charge in [-0.1, -0.05) is 40.2 Å². The lowest BCUT2D eigenvalue weighted by molar-refractivity contribution is -0.113.